The first-order chi connectivity index (χ1) is 12.8. The van der Waals surface area contributed by atoms with Gasteiger partial charge in [-0.2, -0.15) is 0 Å². The second-order valence-corrected chi connectivity index (χ2v) is 5.27. The third-order valence-electron chi connectivity index (χ3n) is 3.60. The first kappa shape index (κ1) is 21.3. The molecule has 0 heterocycles. The van der Waals surface area contributed by atoms with E-state index >= 15 is 0 Å². The average Bonchev–Trinajstić information content (AvgIpc) is 2.65. The molecule has 27 heavy (non-hydrogen) atoms. The zero-order valence-electron chi connectivity index (χ0n) is 15.7. The van der Waals surface area contributed by atoms with Gasteiger partial charge in [0.25, 0.3) is 5.91 Å². The molecule has 0 saturated carbocycles. The van der Waals surface area contributed by atoms with E-state index in [0.29, 0.717) is 11.1 Å². The predicted molar refractivity (Wildman–Crippen MR) is 101 cm³/mol. The van der Waals surface area contributed by atoms with Gasteiger partial charge in [0.2, 0.25) is 0 Å². The molecule has 0 unspecified atom stereocenters. The van der Waals surface area contributed by atoms with E-state index in [0.717, 1.165) is 0 Å². The highest BCUT2D eigenvalue weighted by atomic mass is 16.6. The molecular weight excluding hydrogens is 342 g/mol. The van der Waals surface area contributed by atoms with Gasteiger partial charge in [-0.05, 0) is 75.2 Å². The molecule has 0 radical (unpaired) electrons. The van der Waals surface area contributed by atoms with Gasteiger partial charge in [-0.3, -0.25) is 19.2 Å². The van der Waals surface area contributed by atoms with E-state index in [2.05, 4.69) is 57.7 Å². The molecule has 0 fully saturated rings. The number of carbonyl (C=O) groups excluding carboxylic acids is 3. The van der Waals surface area contributed by atoms with Crippen molar-refractivity contribution in [3.8, 4) is 47.4 Å². The normalized spacial score (nSPS) is 13.3. The summed E-state index contributed by atoms with van der Waals surface area (Å²) in [6, 6.07) is 0. The van der Waals surface area contributed by atoms with Crippen LogP contribution < -0.4 is 5.48 Å². The summed E-state index contributed by atoms with van der Waals surface area (Å²) in [5.74, 6) is 18.8. The van der Waals surface area contributed by atoms with Crippen molar-refractivity contribution in [3.63, 3.8) is 0 Å². The van der Waals surface area contributed by atoms with E-state index in [4.69, 9.17) is 0 Å². The first-order valence-electron chi connectivity index (χ1n) is 7.80. The molecule has 1 rings (SSSR count). The van der Waals surface area contributed by atoms with E-state index in [9.17, 15) is 14.4 Å². The van der Waals surface area contributed by atoms with Gasteiger partial charge in [0.05, 0.1) is 12.7 Å². The Labute approximate surface area is 158 Å². The number of hydroxylamine groups is 1. The topological polar surface area (TPSA) is 72.5 Å². The maximum absolute atomic E-state index is 12.5. The lowest BCUT2D eigenvalue weighted by Crippen LogP contribution is -2.25. The van der Waals surface area contributed by atoms with Gasteiger partial charge in [-0.15, -0.1) is 0 Å². The second kappa shape index (κ2) is 10.3. The van der Waals surface area contributed by atoms with E-state index in [1.165, 1.54) is 20.1 Å². The van der Waals surface area contributed by atoms with Gasteiger partial charge < -0.3 is 0 Å². The monoisotopic (exact) mass is 359 g/mol. The van der Waals surface area contributed by atoms with Crippen LogP contribution in [0.5, 0.6) is 0 Å². The Morgan fingerprint density at radius 1 is 0.889 bits per heavy atom. The molecule has 5 heteroatoms. The lowest BCUT2D eigenvalue weighted by atomic mass is 9.85. The molecule has 0 aliphatic heterocycles. The molecule has 0 atom stereocenters. The summed E-state index contributed by atoms with van der Waals surface area (Å²) in [6.07, 6.45) is 1.27. The SMILES string of the molecule is CC#CC#CC#CC#C/C(=C\C1=C(C)C(=O)C(C)=C(C)C1=O)C(=O)NOC. The van der Waals surface area contributed by atoms with Crippen LogP contribution in [0.4, 0.5) is 0 Å². The summed E-state index contributed by atoms with van der Waals surface area (Å²) in [6.45, 7) is 6.35. The Bertz CT molecular complexity index is 1040. The van der Waals surface area contributed by atoms with Crippen LogP contribution in [0.1, 0.15) is 27.7 Å². The molecule has 1 aliphatic rings. The number of Topliss-reactive ketones (excluding diaryl/α,β-unsaturated/α-hetero) is 2. The van der Waals surface area contributed by atoms with Crippen molar-refractivity contribution in [1.82, 2.24) is 5.48 Å². The second-order valence-electron chi connectivity index (χ2n) is 5.27. The number of hydrogen-bond donors (Lipinski definition) is 1. The Kier molecular flexibility index (Phi) is 8.09. The number of amides is 1. The average molecular weight is 359 g/mol. The quantitative estimate of drug-likeness (QED) is 0.358. The maximum atomic E-state index is 12.5. The number of hydrogen-bond acceptors (Lipinski definition) is 4. The summed E-state index contributed by atoms with van der Waals surface area (Å²) in [5, 5.41) is 0. The summed E-state index contributed by atoms with van der Waals surface area (Å²) in [7, 11) is 1.27. The van der Waals surface area contributed by atoms with Crippen molar-refractivity contribution >= 4 is 17.5 Å². The summed E-state index contributed by atoms with van der Waals surface area (Å²) >= 11 is 0. The Balaban J connectivity index is 3.36. The zero-order valence-corrected chi connectivity index (χ0v) is 15.7. The van der Waals surface area contributed by atoms with E-state index < -0.39 is 5.91 Å². The van der Waals surface area contributed by atoms with Crippen LogP contribution >= 0.6 is 0 Å². The fourth-order valence-corrected chi connectivity index (χ4v) is 2.03. The van der Waals surface area contributed by atoms with E-state index in [-0.39, 0.29) is 28.3 Å². The highest BCUT2D eigenvalue weighted by molar-refractivity contribution is 6.26. The van der Waals surface area contributed by atoms with Crippen molar-refractivity contribution in [2.24, 2.45) is 0 Å². The predicted octanol–water partition coefficient (Wildman–Crippen LogP) is 1.43. The zero-order chi connectivity index (χ0) is 20.4. The van der Waals surface area contributed by atoms with Crippen molar-refractivity contribution in [2.75, 3.05) is 7.11 Å². The molecule has 0 spiro atoms. The highest BCUT2D eigenvalue weighted by Crippen LogP contribution is 2.25. The van der Waals surface area contributed by atoms with Gasteiger partial charge in [0.15, 0.2) is 11.6 Å². The smallest absolute Gasteiger partial charge is 0.283 e. The lowest BCUT2D eigenvalue weighted by molar-refractivity contribution is -0.126. The maximum Gasteiger partial charge on any atom is 0.283 e. The van der Waals surface area contributed by atoms with E-state index in [1.54, 1.807) is 20.8 Å². The summed E-state index contributed by atoms with van der Waals surface area (Å²) < 4.78 is 0. The first-order valence-corrected chi connectivity index (χ1v) is 7.80. The van der Waals surface area contributed by atoms with Crippen LogP contribution in [0, 0.1) is 47.4 Å². The largest absolute Gasteiger partial charge is 0.289 e. The molecule has 0 aromatic rings. The van der Waals surface area contributed by atoms with Crippen LogP contribution in [0.3, 0.4) is 0 Å². The van der Waals surface area contributed by atoms with Crippen LogP contribution in [-0.2, 0) is 19.2 Å². The summed E-state index contributed by atoms with van der Waals surface area (Å²) in [4.78, 5) is 41.5. The Morgan fingerprint density at radius 3 is 2.04 bits per heavy atom. The molecule has 1 aliphatic carbocycles. The number of allylic oxidation sites excluding steroid dienone is 5. The molecule has 5 nitrogen and oxygen atoms in total. The molecular formula is C22H17NO4. The van der Waals surface area contributed by atoms with Crippen LogP contribution in [-0.4, -0.2) is 24.6 Å². The van der Waals surface area contributed by atoms with Crippen LogP contribution in [0.25, 0.3) is 0 Å². The van der Waals surface area contributed by atoms with E-state index in [1.807, 2.05) is 0 Å². The fourth-order valence-electron chi connectivity index (χ4n) is 2.03. The minimum absolute atomic E-state index is 0.0738. The van der Waals surface area contributed by atoms with Crippen LogP contribution in [0.2, 0.25) is 0 Å². The molecule has 1 amide bonds. The molecule has 0 aromatic carbocycles. The Morgan fingerprint density at radius 2 is 1.44 bits per heavy atom. The van der Waals surface area contributed by atoms with Gasteiger partial charge in [-0.25, -0.2) is 5.48 Å². The minimum Gasteiger partial charge on any atom is -0.289 e. The number of ketones is 2. The van der Waals surface area contributed by atoms with Gasteiger partial charge in [0, 0.05) is 22.3 Å². The minimum atomic E-state index is -0.667. The van der Waals surface area contributed by atoms with Gasteiger partial charge in [0.1, 0.15) is 0 Å². The third-order valence-corrected chi connectivity index (χ3v) is 3.60. The molecule has 1 N–H and O–H groups in total. The highest BCUT2D eigenvalue weighted by Gasteiger charge is 2.27. The third kappa shape index (κ3) is 5.62. The number of nitrogens with one attached hydrogen (secondary N) is 1. The molecule has 0 bridgehead atoms. The van der Waals surface area contributed by atoms with Crippen LogP contribution in [0.15, 0.2) is 33.9 Å². The molecule has 134 valence electrons. The molecule has 0 saturated heterocycles. The number of rotatable bonds is 3. The fraction of sp³-hybridized carbons (Fsp3) is 0.227. The van der Waals surface area contributed by atoms with Crippen molar-refractivity contribution in [1.29, 1.82) is 0 Å². The van der Waals surface area contributed by atoms with Crippen molar-refractivity contribution < 1.29 is 19.2 Å². The van der Waals surface area contributed by atoms with Gasteiger partial charge >= 0.3 is 0 Å². The lowest BCUT2D eigenvalue weighted by Gasteiger charge is -2.16. The van der Waals surface area contributed by atoms with Crippen molar-refractivity contribution in [2.45, 2.75) is 27.7 Å². The number of carbonyl (C=O) groups is 3. The van der Waals surface area contributed by atoms with Gasteiger partial charge in [-0.1, -0.05) is 5.92 Å². The summed E-state index contributed by atoms with van der Waals surface area (Å²) in [5.41, 5.74) is 3.15. The van der Waals surface area contributed by atoms with Crippen molar-refractivity contribution in [3.05, 3.63) is 33.9 Å². The molecule has 0 aromatic heterocycles. The Hall–Kier alpha value is -3.77. The standard InChI is InChI=1S/C22H17NO4/c1-6-7-8-9-10-11-12-13-18(22(26)23-27-5)14-19-17(4)20(24)15(2)16(3)21(19)25/h14H,1-5H3,(H,23,26)/b18-14+.